The Balaban J connectivity index is 0.000000166. The minimum Gasteiger partial charge on any atom is -0.619 e. The monoisotopic (exact) mass is 837 g/mol. The van der Waals surface area contributed by atoms with Crippen LogP contribution in [0.5, 0.6) is 0 Å². The number of pyridine rings is 1. The van der Waals surface area contributed by atoms with Gasteiger partial charge in [0.15, 0.2) is 0 Å². The van der Waals surface area contributed by atoms with E-state index in [4.69, 9.17) is 0 Å². The summed E-state index contributed by atoms with van der Waals surface area (Å²) in [5.41, 5.74) is 3.65. The van der Waals surface area contributed by atoms with E-state index in [-0.39, 0.29) is 25.8 Å². The molecule has 0 saturated heterocycles. The largest absolute Gasteiger partial charge is 0.619 e. The molecular weight excluding hydrogens is 807 g/mol. The molecule has 1 radical (unpaired) electrons. The second-order valence-corrected chi connectivity index (χ2v) is 12.7. The molecule has 3 heterocycles. The van der Waals surface area contributed by atoms with E-state index in [9.17, 15) is 13.2 Å². The van der Waals surface area contributed by atoms with Crippen molar-refractivity contribution in [2.45, 2.75) is 19.3 Å². The maximum atomic E-state index is 12.2. The quantitative estimate of drug-likeness (QED) is 0.127. The van der Waals surface area contributed by atoms with Gasteiger partial charge in [-0.25, -0.2) is 5.69 Å². The van der Waals surface area contributed by atoms with Crippen LogP contribution < -0.4 is 20.8 Å². The van der Waals surface area contributed by atoms with Gasteiger partial charge in [0.2, 0.25) is 0 Å². The Hall–Kier alpha value is -4.68. The molecule has 7 aromatic rings. The summed E-state index contributed by atoms with van der Waals surface area (Å²) in [6, 6.07) is 52.0. The van der Waals surface area contributed by atoms with Crippen LogP contribution in [0.15, 0.2) is 146 Å². The first kappa shape index (κ1) is 36.2. The average molecular weight is 837 g/mol. The molecule has 0 aliphatic carbocycles. The number of nitrogens with zero attached hydrogens (tertiary/aromatic N) is 5. The van der Waals surface area contributed by atoms with Crippen LogP contribution in [0.4, 0.5) is 13.2 Å². The van der Waals surface area contributed by atoms with Crippen molar-refractivity contribution in [2.75, 3.05) is 0 Å². The van der Waals surface area contributed by atoms with Gasteiger partial charge in [-0.05, 0) is 49.4 Å². The van der Waals surface area contributed by atoms with Crippen LogP contribution in [0.2, 0.25) is 0 Å². The van der Waals surface area contributed by atoms with Crippen molar-refractivity contribution in [3.63, 3.8) is 0 Å². The first-order chi connectivity index (χ1) is 22.9. The number of hydrogen-bond acceptors (Lipinski definition) is 3. The van der Waals surface area contributed by atoms with E-state index < -0.39 is 19.8 Å². The van der Waals surface area contributed by atoms with Gasteiger partial charge in [0.05, 0.1) is 24.7 Å². The second-order valence-electron chi connectivity index (χ2n) is 10.2. The average Bonchev–Trinajstić information content (AvgIpc) is 3.80. The molecule has 0 bridgehead atoms. The Morgan fingerprint density at radius 3 is 1.77 bits per heavy atom. The van der Waals surface area contributed by atoms with Gasteiger partial charge in [-0.1, -0.05) is 54.2 Å². The zero-order valence-corrected chi connectivity index (χ0v) is 29.2. The Morgan fingerprint density at radius 2 is 1.27 bits per heavy atom. The minimum atomic E-state index is -4.46. The molecule has 0 fully saturated rings. The van der Waals surface area contributed by atoms with E-state index in [1.807, 2.05) is 49.4 Å². The normalized spacial score (nSPS) is 10.6. The van der Waals surface area contributed by atoms with Crippen molar-refractivity contribution in [3.8, 4) is 22.6 Å². The number of hydrogen-bond donors (Lipinski definition) is 0. The van der Waals surface area contributed by atoms with Crippen molar-refractivity contribution in [2.24, 2.45) is 0 Å². The fourth-order valence-electron chi connectivity index (χ4n) is 4.53. The molecular formula is C38H30F3IrN5P-3. The maximum Gasteiger partial charge on any atom is 0.431 e. The molecule has 245 valence electrons. The van der Waals surface area contributed by atoms with Crippen LogP contribution in [0.25, 0.3) is 22.6 Å². The molecule has 4 aromatic carbocycles. The summed E-state index contributed by atoms with van der Waals surface area (Å²) in [5, 5.41) is 17.3. The Morgan fingerprint density at radius 1 is 0.667 bits per heavy atom. The molecule has 0 N–H and O–H groups in total. The third-order valence-electron chi connectivity index (χ3n) is 6.79. The summed E-state index contributed by atoms with van der Waals surface area (Å²) >= 11 is 0. The predicted molar refractivity (Wildman–Crippen MR) is 182 cm³/mol. The number of benzene rings is 4. The fraction of sp³-hybridized carbons (Fsp3) is 0.0789. The van der Waals surface area contributed by atoms with E-state index in [2.05, 4.69) is 110 Å². The topological polar surface area (TPSA) is 66.9 Å². The summed E-state index contributed by atoms with van der Waals surface area (Å²) in [7, 11) is -0.783. The Labute approximate surface area is 292 Å². The van der Waals surface area contributed by atoms with Gasteiger partial charge < -0.3 is 20.4 Å². The molecule has 0 amide bonds. The van der Waals surface area contributed by atoms with E-state index in [0.29, 0.717) is 5.69 Å². The van der Waals surface area contributed by atoms with Crippen LogP contribution >= 0.6 is 7.92 Å². The van der Waals surface area contributed by atoms with Gasteiger partial charge in [-0.2, -0.15) is 49.1 Å². The van der Waals surface area contributed by atoms with Gasteiger partial charge in [0.1, 0.15) is 5.69 Å². The van der Waals surface area contributed by atoms with Gasteiger partial charge >= 0.3 is 6.18 Å². The third-order valence-corrected chi connectivity index (χ3v) is 9.58. The van der Waals surface area contributed by atoms with Gasteiger partial charge in [-0.3, -0.25) is 4.98 Å². The number of aryl methyl sites for hydroxylation is 1. The Kier molecular flexibility index (Phi) is 13.6. The molecule has 0 aliphatic rings. The standard InChI is InChI=1S/C19H16P.C10H8N2.C9H5F3N3.Ir/c1-4-10-17(11-5-1)16-20(18-12-6-2-7-13-18)19-14-8-3-9-15-19;1-8-7-10(12-11-8)9-5-3-2-4-6-9;10-9(11,12)8-5-7(14-15-8)6-3-1-2-4-13-6;/h1-10,12-15H,16H2;2-5,7H,1H3;1-5H;/q-1;-2;-1;/p+1. The van der Waals surface area contributed by atoms with Gasteiger partial charge in [0, 0.05) is 37.7 Å². The first-order valence-electron chi connectivity index (χ1n) is 14.7. The minimum absolute atomic E-state index is 0. The summed E-state index contributed by atoms with van der Waals surface area (Å²) in [4.78, 5) is 3.87. The molecule has 7 rings (SSSR count). The zero-order valence-electron chi connectivity index (χ0n) is 25.8. The fourth-order valence-corrected chi connectivity index (χ4v) is 7.06. The SMILES string of the molecule is Cc1cc(-c2[c-]cccc2)[n-]n1.FC(F)(F)c1cc(-c2ccccn2)[n-]n1.[Ir].[c-]1ccccc1C[PH+](c1ccccc1)c1ccccc1. The van der Waals surface area contributed by atoms with Gasteiger partial charge in [-0.15, -0.1) is 35.9 Å². The maximum absolute atomic E-state index is 12.2. The van der Waals surface area contributed by atoms with Crippen LogP contribution in [0, 0.1) is 19.1 Å². The number of halogens is 3. The van der Waals surface area contributed by atoms with Gasteiger partial charge in [0.25, 0.3) is 0 Å². The van der Waals surface area contributed by atoms with Crippen molar-refractivity contribution in [1.29, 1.82) is 0 Å². The summed E-state index contributed by atoms with van der Waals surface area (Å²) in [6.45, 7) is 1.93. The van der Waals surface area contributed by atoms with Crippen molar-refractivity contribution < 1.29 is 33.3 Å². The van der Waals surface area contributed by atoms with E-state index >= 15 is 0 Å². The molecule has 3 aromatic heterocycles. The van der Waals surface area contributed by atoms with Crippen LogP contribution in [0.1, 0.15) is 17.0 Å². The smallest absolute Gasteiger partial charge is 0.431 e. The number of aromatic nitrogens is 5. The van der Waals surface area contributed by atoms with E-state index in [1.165, 1.54) is 22.4 Å². The van der Waals surface area contributed by atoms with Crippen LogP contribution in [-0.2, 0) is 32.4 Å². The molecule has 10 heteroatoms. The van der Waals surface area contributed by atoms with Crippen molar-refractivity contribution in [1.82, 2.24) is 25.4 Å². The molecule has 0 aliphatic heterocycles. The van der Waals surface area contributed by atoms with E-state index in [1.54, 1.807) is 18.2 Å². The molecule has 5 nitrogen and oxygen atoms in total. The number of alkyl halides is 3. The van der Waals surface area contributed by atoms with Crippen LogP contribution in [0.3, 0.4) is 0 Å². The van der Waals surface area contributed by atoms with Crippen molar-refractivity contribution in [3.05, 3.63) is 175 Å². The predicted octanol–water partition coefficient (Wildman–Crippen LogP) is 7.78. The zero-order chi connectivity index (χ0) is 32.9. The van der Waals surface area contributed by atoms with E-state index in [0.717, 1.165) is 29.2 Å². The molecule has 0 saturated carbocycles. The third kappa shape index (κ3) is 10.7. The van der Waals surface area contributed by atoms with Crippen molar-refractivity contribution >= 4 is 18.5 Å². The summed E-state index contributed by atoms with van der Waals surface area (Å²) in [6.07, 6.45) is -1.89. The summed E-state index contributed by atoms with van der Waals surface area (Å²) < 4.78 is 36.6. The van der Waals surface area contributed by atoms with Crippen LogP contribution in [-0.4, -0.2) is 15.2 Å². The molecule has 0 atom stereocenters. The molecule has 0 unspecified atom stereocenters. The first-order valence-corrected chi connectivity index (χ1v) is 16.4. The molecule has 48 heavy (non-hydrogen) atoms. The number of rotatable bonds is 6. The second kappa shape index (κ2) is 18.0. The Bertz CT molecular complexity index is 1860. The molecule has 0 spiro atoms. The summed E-state index contributed by atoms with van der Waals surface area (Å²) in [5.74, 6) is 0.